The molecular formula is C11H22Ge. The fourth-order valence-corrected chi connectivity index (χ4v) is 11.3. The van der Waals surface area contributed by atoms with E-state index in [9.17, 15) is 0 Å². The van der Waals surface area contributed by atoms with Crippen molar-refractivity contribution in [2.24, 2.45) is 0 Å². The predicted molar refractivity (Wildman–Crippen MR) is 59.1 cm³/mol. The monoisotopic (exact) mass is 228 g/mol. The topological polar surface area (TPSA) is 0 Å². The number of hydrogen-bond acceptors (Lipinski definition) is 0. The van der Waals surface area contributed by atoms with Gasteiger partial charge in [-0.05, 0) is 0 Å². The van der Waals surface area contributed by atoms with Crippen LogP contribution in [0.3, 0.4) is 0 Å². The van der Waals surface area contributed by atoms with Crippen LogP contribution < -0.4 is 0 Å². The van der Waals surface area contributed by atoms with Crippen molar-refractivity contribution in [3.63, 3.8) is 0 Å². The van der Waals surface area contributed by atoms with Gasteiger partial charge in [0.05, 0.1) is 0 Å². The molecule has 0 radical (unpaired) electrons. The van der Waals surface area contributed by atoms with Gasteiger partial charge in [0, 0.05) is 0 Å². The van der Waals surface area contributed by atoms with Crippen molar-refractivity contribution >= 4 is 13.3 Å². The van der Waals surface area contributed by atoms with E-state index in [1.807, 2.05) is 4.41 Å². The van der Waals surface area contributed by atoms with Gasteiger partial charge in [-0.2, -0.15) is 0 Å². The third kappa shape index (κ3) is 1.78. The quantitative estimate of drug-likeness (QED) is 0.632. The molecule has 0 atom stereocenters. The van der Waals surface area contributed by atoms with Gasteiger partial charge in [0.25, 0.3) is 0 Å². The van der Waals surface area contributed by atoms with Gasteiger partial charge in [-0.25, -0.2) is 0 Å². The summed E-state index contributed by atoms with van der Waals surface area (Å²) in [6, 6.07) is 0. The van der Waals surface area contributed by atoms with Crippen molar-refractivity contribution in [2.45, 2.75) is 55.8 Å². The standard InChI is InChI=1S/C11H22Ge/c1-4-12(5-2,6-3)11-9-7-8-10-11/h9H,4-8,10H2,1-3H3. The number of hydrogen-bond donors (Lipinski definition) is 0. The molecule has 0 heterocycles. The first-order chi connectivity index (χ1) is 5.79. The van der Waals surface area contributed by atoms with Gasteiger partial charge < -0.3 is 0 Å². The molecule has 1 heteroatoms. The first-order valence-electron chi connectivity index (χ1n) is 5.48. The third-order valence-electron chi connectivity index (χ3n) is 3.75. The average molecular weight is 227 g/mol. The Morgan fingerprint density at radius 3 is 2.08 bits per heavy atom. The van der Waals surface area contributed by atoms with Gasteiger partial charge in [0.15, 0.2) is 0 Å². The Bertz CT molecular complexity index is 158. The van der Waals surface area contributed by atoms with E-state index in [0.29, 0.717) is 0 Å². The Morgan fingerprint density at radius 2 is 1.75 bits per heavy atom. The number of allylic oxidation sites excluding steroid dienone is 2. The minimum absolute atomic E-state index is 1.38. The third-order valence-corrected chi connectivity index (χ3v) is 16.1. The summed E-state index contributed by atoms with van der Waals surface area (Å²) in [5.41, 5.74) is 0. The van der Waals surface area contributed by atoms with Crippen molar-refractivity contribution in [3.05, 3.63) is 10.5 Å². The van der Waals surface area contributed by atoms with E-state index < -0.39 is 13.3 Å². The van der Waals surface area contributed by atoms with E-state index in [4.69, 9.17) is 0 Å². The van der Waals surface area contributed by atoms with E-state index in [0.717, 1.165) is 0 Å². The van der Waals surface area contributed by atoms with Crippen LogP contribution in [0.4, 0.5) is 0 Å². The van der Waals surface area contributed by atoms with E-state index in [1.165, 1.54) is 35.0 Å². The van der Waals surface area contributed by atoms with Gasteiger partial charge >= 0.3 is 79.5 Å². The molecule has 0 aromatic rings. The van der Waals surface area contributed by atoms with Crippen LogP contribution in [0.15, 0.2) is 10.5 Å². The SMILES string of the molecule is C[CH2][Ge]([CH2]C)([CH2]C)[C]1=CCCC1. The molecule has 0 nitrogen and oxygen atoms in total. The van der Waals surface area contributed by atoms with E-state index in [2.05, 4.69) is 26.8 Å². The molecule has 1 rings (SSSR count). The van der Waals surface area contributed by atoms with Gasteiger partial charge in [0.2, 0.25) is 0 Å². The second-order valence-electron chi connectivity index (χ2n) is 3.96. The second-order valence-corrected chi connectivity index (χ2v) is 15.1. The second kappa shape index (κ2) is 4.50. The van der Waals surface area contributed by atoms with Crippen molar-refractivity contribution in [1.29, 1.82) is 0 Å². The molecule has 0 spiro atoms. The summed E-state index contributed by atoms with van der Waals surface area (Å²) in [4.78, 5) is 0. The van der Waals surface area contributed by atoms with Crippen molar-refractivity contribution in [1.82, 2.24) is 0 Å². The van der Waals surface area contributed by atoms with Gasteiger partial charge in [-0.1, -0.05) is 0 Å². The van der Waals surface area contributed by atoms with E-state index in [-0.39, 0.29) is 0 Å². The molecule has 0 bridgehead atoms. The number of rotatable bonds is 4. The maximum atomic E-state index is 2.58. The van der Waals surface area contributed by atoms with Crippen LogP contribution in [0.2, 0.25) is 15.8 Å². The summed E-state index contributed by atoms with van der Waals surface area (Å²) in [5.74, 6) is 0. The Labute approximate surface area is 79.8 Å². The van der Waals surface area contributed by atoms with Gasteiger partial charge in [-0.3, -0.25) is 0 Å². The Hall–Kier alpha value is 0.283. The molecule has 0 saturated carbocycles. The van der Waals surface area contributed by atoms with Crippen LogP contribution in [0.1, 0.15) is 40.0 Å². The first-order valence-corrected chi connectivity index (χ1v) is 11.0. The zero-order valence-corrected chi connectivity index (χ0v) is 10.9. The summed E-state index contributed by atoms with van der Waals surface area (Å²) in [5, 5.41) is 4.54. The molecule has 70 valence electrons. The van der Waals surface area contributed by atoms with Crippen LogP contribution in [0.25, 0.3) is 0 Å². The molecular weight excluding hydrogens is 205 g/mol. The van der Waals surface area contributed by atoms with Crippen molar-refractivity contribution < 1.29 is 0 Å². The van der Waals surface area contributed by atoms with Gasteiger partial charge in [0.1, 0.15) is 0 Å². The van der Waals surface area contributed by atoms with Crippen molar-refractivity contribution in [2.75, 3.05) is 0 Å². The molecule has 0 aliphatic heterocycles. The summed E-state index contributed by atoms with van der Waals surface area (Å²) >= 11 is -1.44. The summed E-state index contributed by atoms with van der Waals surface area (Å²) in [6.07, 6.45) is 6.86. The Morgan fingerprint density at radius 1 is 1.17 bits per heavy atom. The molecule has 0 amide bonds. The first kappa shape index (κ1) is 10.4. The average Bonchev–Trinajstić information content (AvgIpc) is 2.62. The molecule has 1 aliphatic carbocycles. The Kier molecular flexibility index (Phi) is 3.89. The van der Waals surface area contributed by atoms with Crippen LogP contribution >= 0.6 is 0 Å². The normalized spacial score (nSPS) is 18.1. The molecule has 0 unspecified atom stereocenters. The zero-order chi connectivity index (χ0) is 9.03. The summed E-state index contributed by atoms with van der Waals surface area (Å²) in [7, 11) is 0. The van der Waals surface area contributed by atoms with Crippen molar-refractivity contribution in [3.8, 4) is 0 Å². The molecule has 0 aromatic carbocycles. The van der Waals surface area contributed by atoms with E-state index in [1.54, 1.807) is 0 Å². The fourth-order valence-electron chi connectivity index (χ4n) is 2.58. The molecule has 0 saturated heterocycles. The molecule has 0 fully saturated rings. The summed E-state index contributed by atoms with van der Waals surface area (Å²) < 4.78 is 1.95. The predicted octanol–water partition coefficient (Wildman–Crippen LogP) is 4.14. The summed E-state index contributed by atoms with van der Waals surface area (Å²) in [6.45, 7) is 7.27. The fraction of sp³-hybridized carbons (Fsp3) is 0.818. The van der Waals surface area contributed by atoms with Crippen LogP contribution in [-0.4, -0.2) is 13.3 Å². The molecule has 0 N–H and O–H groups in total. The molecule has 0 aromatic heterocycles. The Balaban J connectivity index is 2.75. The van der Waals surface area contributed by atoms with E-state index >= 15 is 0 Å². The zero-order valence-electron chi connectivity index (χ0n) is 8.82. The van der Waals surface area contributed by atoms with Gasteiger partial charge in [-0.15, -0.1) is 0 Å². The van der Waals surface area contributed by atoms with Crippen LogP contribution in [-0.2, 0) is 0 Å². The maximum absolute atomic E-state index is 2.58. The minimum atomic E-state index is -1.44. The van der Waals surface area contributed by atoms with Crippen LogP contribution in [0, 0.1) is 0 Å². The molecule has 12 heavy (non-hydrogen) atoms. The molecule has 1 aliphatic rings. The van der Waals surface area contributed by atoms with Crippen LogP contribution in [0.5, 0.6) is 0 Å².